The van der Waals surface area contributed by atoms with Crippen molar-refractivity contribution in [1.29, 1.82) is 0 Å². The van der Waals surface area contributed by atoms with Crippen LogP contribution in [0.2, 0.25) is 19.6 Å². The van der Waals surface area contributed by atoms with Gasteiger partial charge in [-0.2, -0.15) is 0 Å². The monoisotopic (exact) mass is 238 g/mol. The molecule has 0 saturated heterocycles. The molecule has 0 spiro atoms. The summed E-state index contributed by atoms with van der Waals surface area (Å²) in [5, 5.41) is 0. The molecule has 2 rings (SSSR count). The van der Waals surface area contributed by atoms with E-state index in [1.165, 1.54) is 0 Å². The number of hydrogen-bond acceptors (Lipinski definition) is 4. The maximum absolute atomic E-state index is 11.1. The Morgan fingerprint density at radius 2 is 2.06 bits per heavy atom. The highest BCUT2D eigenvalue weighted by atomic mass is 28.4. The van der Waals surface area contributed by atoms with Gasteiger partial charge in [0, 0.05) is 0 Å². The van der Waals surface area contributed by atoms with E-state index in [1.807, 2.05) is 0 Å². The zero-order valence-corrected chi connectivity index (χ0v) is 10.6. The number of ether oxygens (including phenoxy) is 2. The smallest absolute Gasteiger partial charge is 0.242 e. The summed E-state index contributed by atoms with van der Waals surface area (Å²) in [6.07, 6.45) is 0.753. The van der Waals surface area contributed by atoms with Gasteiger partial charge in [-0.15, -0.1) is 0 Å². The van der Waals surface area contributed by atoms with Gasteiger partial charge in [0.2, 0.25) is 15.1 Å². The normalized spacial score (nSPS) is 13.7. The predicted octanol–water partition coefficient (Wildman–Crippen LogP) is 2.44. The van der Waals surface area contributed by atoms with Crippen molar-refractivity contribution in [3.05, 3.63) is 17.7 Å². The molecule has 4 nitrogen and oxygen atoms in total. The third-order valence-corrected chi connectivity index (χ3v) is 2.90. The van der Waals surface area contributed by atoms with Gasteiger partial charge in [0.25, 0.3) is 0 Å². The van der Waals surface area contributed by atoms with Crippen LogP contribution in [0, 0.1) is 0 Å². The Morgan fingerprint density at radius 3 is 2.69 bits per heavy atom. The molecule has 16 heavy (non-hydrogen) atoms. The van der Waals surface area contributed by atoms with Crippen LogP contribution in [0.4, 0.5) is 0 Å². The molecule has 1 aliphatic rings. The minimum Gasteiger partial charge on any atom is -0.544 e. The van der Waals surface area contributed by atoms with E-state index in [0.717, 1.165) is 6.29 Å². The number of carbonyl (C=O) groups is 1. The molecule has 0 aromatic heterocycles. The molecule has 0 unspecified atom stereocenters. The van der Waals surface area contributed by atoms with Crippen LogP contribution in [0.5, 0.6) is 17.2 Å². The van der Waals surface area contributed by atoms with Gasteiger partial charge in [-0.05, 0) is 31.8 Å². The molecular formula is C11H14O4Si. The third kappa shape index (κ3) is 2.04. The van der Waals surface area contributed by atoms with Crippen LogP contribution in [0.3, 0.4) is 0 Å². The second kappa shape index (κ2) is 3.82. The SMILES string of the molecule is C[Si](C)(C)Oc1ccc2c(c1C=O)OCO2. The minimum absolute atomic E-state index is 0.159. The molecule has 1 heterocycles. The summed E-state index contributed by atoms with van der Waals surface area (Å²) >= 11 is 0. The maximum atomic E-state index is 11.1. The number of rotatable bonds is 3. The number of benzene rings is 1. The van der Waals surface area contributed by atoms with E-state index in [1.54, 1.807) is 12.1 Å². The molecule has 86 valence electrons. The largest absolute Gasteiger partial charge is 0.544 e. The van der Waals surface area contributed by atoms with E-state index < -0.39 is 8.32 Å². The van der Waals surface area contributed by atoms with Gasteiger partial charge in [-0.25, -0.2) is 0 Å². The summed E-state index contributed by atoms with van der Waals surface area (Å²) in [7, 11) is -1.73. The standard InChI is InChI=1S/C11H14O4Si/c1-16(2,3)15-9-4-5-10-11(8(9)6-12)14-7-13-10/h4-6H,7H2,1-3H3. The average Bonchev–Trinajstić information content (AvgIpc) is 2.62. The first kappa shape index (κ1) is 11.0. The van der Waals surface area contributed by atoms with Crippen molar-refractivity contribution in [3.63, 3.8) is 0 Å². The summed E-state index contributed by atoms with van der Waals surface area (Å²) in [5.41, 5.74) is 0.442. The molecule has 0 radical (unpaired) electrons. The molecule has 5 heteroatoms. The fraction of sp³-hybridized carbons (Fsp3) is 0.364. The summed E-state index contributed by atoms with van der Waals surface area (Å²) in [6, 6.07) is 3.53. The van der Waals surface area contributed by atoms with Crippen molar-refractivity contribution < 1.29 is 18.7 Å². The van der Waals surface area contributed by atoms with Crippen molar-refractivity contribution in [2.75, 3.05) is 6.79 Å². The maximum Gasteiger partial charge on any atom is 0.242 e. The van der Waals surface area contributed by atoms with Gasteiger partial charge in [-0.3, -0.25) is 4.79 Å². The second-order valence-corrected chi connectivity index (χ2v) is 8.97. The molecule has 0 aliphatic carbocycles. The summed E-state index contributed by atoms with van der Waals surface area (Å²) in [4.78, 5) is 11.1. The van der Waals surface area contributed by atoms with Crippen molar-refractivity contribution in [1.82, 2.24) is 0 Å². The fourth-order valence-electron chi connectivity index (χ4n) is 1.51. The van der Waals surface area contributed by atoms with Crippen molar-refractivity contribution >= 4 is 14.6 Å². The highest BCUT2D eigenvalue weighted by Gasteiger charge is 2.24. The zero-order valence-electron chi connectivity index (χ0n) is 9.57. The highest BCUT2D eigenvalue weighted by Crippen LogP contribution is 2.40. The molecule has 1 aliphatic heterocycles. The summed E-state index contributed by atoms with van der Waals surface area (Å²) in [6.45, 7) is 6.34. The lowest BCUT2D eigenvalue weighted by atomic mass is 10.2. The van der Waals surface area contributed by atoms with Crippen LogP contribution in [0.1, 0.15) is 10.4 Å². The van der Waals surface area contributed by atoms with Gasteiger partial charge in [-0.1, -0.05) is 0 Å². The van der Waals surface area contributed by atoms with Gasteiger partial charge in [0.15, 0.2) is 17.8 Å². The molecule has 0 N–H and O–H groups in total. The Balaban J connectivity index is 2.43. The van der Waals surface area contributed by atoms with E-state index in [0.29, 0.717) is 22.8 Å². The van der Waals surface area contributed by atoms with Crippen LogP contribution in [-0.4, -0.2) is 21.4 Å². The van der Waals surface area contributed by atoms with E-state index in [-0.39, 0.29) is 6.79 Å². The molecule has 0 fully saturated rings. The second-order valence-electron chi connectivity index (χ2n) is 4.54. The number of carbonyl (C=O) groups excluding carboxylic acids is 1. The molecule has 0 saturated carbocycles. The van der Waals surface area contributed by atoms with Gasteiger partial charge in [0.05, 0.1) is 0 Å². The van der Waals surface area contributed by atoms with E-state index >= 15 is 0 Å². The molecule has 1 aromatic carbocycles. The Kier molecular flexibility index (Phi) is 2.63. The van der Waals surface area contributed by atoms with Crippen molar-refractivity contribution in [3.8, 4) is 17.2 Å². The van der Waals surface area contributed by atoms with E-state index in [9.17, 15) is 4.79 Å². The molecular weight excluding hydrogens is 224 g/mol. The third-order valence-electron chi connectivity index (χ3n) is 2.07. The van der Waals surface area contributed by atoms with Gasteiger partial charge in [0.1, 0.15) is 11.3 Å². The van der Waals surface area contributed by atoms with Crippen LogP contribution >= 0.6 is 0 Å². The fourth-order valence-corrected chi connectivity index (χ4v) is 2.34. The predicted molar refractivity (Wildman–Crippen MR) is 61.9 cm³/mol. The molecule has 0 atom stereocenters. The van der Waals surface area contributed by atoms with Gasteiger partial charge < -0.3 is 13.9 Å². The van der Waals surface area contributed by atoms with Crippen LogP contribution in [-0.2, 0) is 0 Å². The summed E-state index contributed by atoms with van der Waals surface area (Å²) in [5.74, 6) is 1.68. The summed E-state index contributed by atoms with van der Waals surface area (Å²) < 4.78 is 16.3. The molecule has 0 amide bonds. The van der Waals surface area contributed by atoms with Crippen LogP contribution in [0.15, 0.2) is 12.1 Å². The van der Waals surface area contributed by atoms with Crippen molar-refractivity contribution in [2.24, 2.45) is 0 Å². The Hall–Kier alpha value is -1.49. The average molecular weight is 238 g/mol. The van der Waals surface area contributed by atoms with Gasteiger partial charge >= 0.3 is 0 Å². The zero-order chi connectivity index (χ0) is 11.8. The molecule has 1 aromatic rings. The van der Waals surface area contributed by atoms with E-state index in [4.69, 9.17) is 13.9 Å². The van der Waals surface area contributed by atoms with Crippen LogP contribution < -0.4 is 13.9 Å². The lowest BCUT2D eigenvalue weighted by molar-refractivity contribution is 0.111. The lowest BCUT2D eigenvalue weighted by Crippen LogP contribution is -2.29. The van der Waals surface area contributed by atoms with Crippen LogP contribution in [0.25, 0.3) is 0 Å². The minimum atomic E-state index is -1.73. The first-order chi connectivity index (χ1) is 7.51. The van der Waals surface area contributed by atoms with E-state index in [2.05, 4.69) is 19.6 Å². The first-order valence-corrected chi connectivity index (χ1v) is 8.49. The number of aldehydes is 1. The Morgan fingerprint density at radius 1 is 1.31 bits per heavy atom. The topological polar surface area (TPSA) is 44.8 Å². The first-order valence-electron chi connectivity index (χ1n) is 5.08. The Labute approximate surface area is 95.3 Å². The molecule has 0 bridgehead atoms. The highest BCUT2D eigenvalue weighted by molar-refractivity contribution is 6.70. The number of hydrogen-bond donors (Lipinski definition) is 0. The quantitative estimate of drug-likeness (QED) is 0.599. The Bertz CT molecular complexity index is 423. The van der Waals surface area contributed by atoms with Crippen molar-refractivity contribution in [2.45, 2.75) is 19.6 Å². The lowest BCUT2D eigenvalue weighted by Gasteiger charge is -2.20. The number of fused-ring (bicyclic) bond motifs is 1.